The maximum atomic E-state index is 10.8. The highest BCUT2D eigenvalue weighted by molar-refractivity contribution is 9.11. The number of carbonyl (C=O) groups is 1. The summed E-state index contributed by atoms with van der Waals surface area (Å²) >= 11 is 12.0. The van der Waals surface area contributed by atoms with Crippen LogP contribution in [0.15, 0.2) is 21.1 Å². The Kier molecular flexibility index (Phi) is 3.32. The predicted octanol–water partition coefficient (Wildman–Crippen LogP) is 3.90. The standard InChI is InChI=1S/C8H5Br2ClO/c1-4-6(9)2-5(8(11)12)3-7(4)10/h2-3H,1H3. The van der Waals surface area contributed by atoms with E-state index in [1.807, 2.05) is 6.92 Å². The summed E-state index contributed by atoms with van der Waals surface area (Å²) in [5.41, 5.74) is 1.54. The van der Waals surface area contributed by atoms with Crippen LogP contribution in [0.25, 0.3) is 0 Å². The van der Waals surface area contributed by atoms with E-state index < -0.39 is 5.24 Å². The van der Waals surface area contributed by atoms with E-state index in [4.69, 9.17) is 11.6 Å². The highest BCUT2D eigenvalue weighted by Crippen LogP contribution is 2.26. The molecule has 1 rings (SSSR count). The molecular weight excluding hydrogens is 307 g/mol. The van der Waals surface area contributed by atoms with Crippen LogP contribution in [0.3, 0.4) is 0 Å². The van der Waals surface area contributed by atoms with Crippen molar-refractivity contribution in [3.05, 3.63) is 32.2 Å². The summed E-state index contributed by atoms with van der Waals surface area (Å²) in [5.74, 6) is 0. The highest BCUT2D eigenvalue weighted by Gasteiger charge is 2.07. The highest BCUT2D eigenvalue weighted by atomic mass is 79.9. The first kappa shape index (κ1) is 10.2. The molecule has 12 heavy (non-hydrogen) atoms. The van der Waals surface area contributed by atoms with Crippen LogP contribution in [-0.4, -0.2) is 5.24 Å². The molecular formula is C8H5Br2ClO. The van der Waals surface area contributed by atoms with Gasteiger partial charge in [0.1, 0.15) is 0 Å². The van der Waals surface area contributed by atoms with Crippen LogP contribution in [0.4, 0.5) is 0 Å². The zero-order valence-electron chi connectivity index (χ0n) is 6.20. The van der Waals surface area contributed by atoms with E-state index in [2.05, 4.69) is 31.9 Å². The lowest BCUT2D eigenvalue weighted by Gasteiger charge is -2.02. The molecule has 0 radical (unpaired) electrons. The molecule has 0 spiro atoms. The maximum Gasteiger partial charge on any atom is 0.252 e. The summed E-state index contributed by atoms with van der Waals surface area (Å²) < 4.78 is 1.75. The number of carbonyl (C=O) groups excluding carboxylic acids is 1. The average molecular weight is 312 g/mol. The zero-order chi connectivity index (χ0) is 9.30. The van der Waals surface area contributed by atoms with Crippen molar-refractivity contribution in [3.8, 4) is 0 Å². The second kappa shape index (κ2) is 3.90. The van der Waals surface area contributed by atoms with E-state index in [9.17, 15) is 4.79 Å². The number of hydrogen-bond donors (Lipinski definition) is 0. The van der Waals surface area contributed by atoms with Crippen LogP contribution >= 0.6 is 43.5 Å². The average Bonchev–Trinajstić information content (AvgIpc) is 1.99. The van der Waals surface area contributed by atoms with Gasteiger partial charge < -0.3 is 0 Å². The van der Waals surface area contributed by atoms with Gasteiger partial charge in [-0.15, -0.1) is 0 Å². The molecule has 1 aromatic carbocycles. The van der Waals surface area contributed by atoms with Gasteiger partial charge >= 0.3 is 0 Å². The van der Waals surface area contributed by atoms with Gasteiger partial charge in [0.2, 0.25) is 0 Å². The molecule has 0 unspecified atom stereocenters. The summed E-state index contributed by atoms with van der Waals surface area (Å²) in [7, 11) is 0. The molecule has 0 fully saturated rings. The molecule has 0 aliphatic rings. The van der Waals surface area contributed by atoms with E-state index in [-0.39, 0.29) is 0 Å². The molecule has 0 aromatic heterocycles. The first-order valence-electron chi connectivity index (χ1n) is 3.18. The van der Waals surface area contributed by atoms with Crippen molar-refractivity contribution in [2.24, 2.45) is 0 Å². The third kappa shape index (κ3) is 2.09. The van der Waals surface area contributed by atoms with Crippen molar-refractivity contribution in [2.45, 2.75) is 6.92 Å². The molecule has 0 aliphatic carbocycles. The number of rotatable bonds is 1. The molecule has 0 saturated heterocycles. The van der Waals surface area contributed by atoms with Gasteiger partial charge in [-0.1, -0.05) is 31.9 Å². The Hall–Kier alpha value is 0.140. The molecule has 0 bridgehead atoms. The smallest absolute Gasteiger partial charge is 0.252 e. The Morgan fingerprint density at radius 2 is 1.75 bits per heavy atom. The summed E-state index contributed by atoms with van der Waals surface area (Å²) in [6.07, 6.45) is 0. The second-order valence-electron chi connectivity index (χ2n) is 2.34. The first-order chi connectivity index (χ1) is 5.52. The third-order valence-corrected chi connectivity index (χ3v) is 3.37. The fourth-order valence-electron chi connectivity index (χ4n) is 0.759. The Balaban J connectivity index is 3.31. The van der Waals surface area contributed by atoms with E-state index >= 15 is 0 Å². The molecule has 0 aliphatic heterocycles. The molecule has 1 nitrogen and oxygen atoms in total. The Morgan fingerprint density at radius 3 is 2.08 bits per heavy atom. The van der Waals surface area contributed by atoms with Gasteiger partial charge in [0.15, 0.2) is 0 Å². The minimum atomic E-state index is -0.448. The summed E-state index contributed by atoms with van der Waals surface area (Å²) in [6, 6.07) is 3.41. The van der Waals surface area contributed by atoms with Gasteiger partial charge in [-0.05, 0) is 36.2 Å². The van der Waals surface area contributed by atoms with Crippen LogP contribution < -0.4 is 0 Å². The maximum absolute atomic E-state index is 10.8. The normalized spacial score (nSPS) is 10.0. The third-order valence-electron chi connectivity index (χ3n) is 1.51. The lowest BCUT2D eigenvalue weighted by atomic mass is 10.2. The van der Waals surface area contributed by atoms with Gasteiger partial charge in [0.25, 0.3) is 5.24 Å². The van der Waals surface area contributed by atoms with Crippen LogP contribution in [0.1, 0.15) is 15.9 Å². The fraction of sp³-hybridized carbons (Fsp3) is 0.125. The number of benzene rings is 1. The second-order valence-corrected chi connectivity index (χ2v) is 4.39. The molecule has 0 saturated carbocycles. The molecule has 4 heteroatoms. The van der Waals surface area contributed by atoms with Crippen molar-refractivity contribution < 1.29 is 4.79 Å². The molecule has 64 valence electrons. The monoisotopic (exact) mass is 310 g/mol. The molecule has 0 amide bonds. The van der Waals surface area contributed by atoms with Crippen LogP contribution in [0.2, 0.25) is 0 Å². The lowest BCUT2D eigenvalue weighted by Crippen LogP contribution is -1.90. The van der Waals surface area contributed by atoms with Crippen LogP contribution in [0, 0.1) is 6.92 Å². The SMILES string of the molecule is Cc1c(Br)cc(C(=O)Cl)cc1Br. The van der Waals surface area contributed by atoms with Crippen LogP contribution in [0.5, 0.6) is 0 Å². The Morgan fingerprint density at radius 1 is 1.33 bits per heavy atom. The topological polar surface area (TPSA) is 17.1 Å². The van der Waals surface area contributed by atoms with Crippen molar-refractivity contribution in [2.75, 3.05) is 0 Å². The number of hydrogen-bond acceptors (Lipinski definition) is 1. The first-order valence-corrected chi connectivity index (χ1v) is 5.14. The van der Waals surface area contributed by atoms with Gasteiger partial charge in [-0.25, -0.2) is 0 Å². The molecule has 0 atom stereocenters. The van der Waals surface area contributed by atoms with E-state index in [0.29, 0.717) is 5.56 Å². The largest absolute Gasteiger partial charge is 0.276 e. The van der Waals surface area contributed by atoms with Gasteiger partial charge in [0, 0.05) is 14.5 Å². The van der Waals surface area contributed by atoms with Crippen molar-refractivity contribution in [3.63, 3.8) is 0 Å². The molecule has 0 heterocycles. The van der Waals surface area contributed by atoms with Crippen molar-refractivity contribution in [1.82, 2.24) is 0 Å². The van der Waals surface area contributed by atoms with E-state index in [1.54, 1.807) is 12.1 Å². The quantitative estimate of drug-likeness (QED) is 0.719. The summed E-state index contributed by atoms with van der Waals surface area (Å²) in [6.45, 7) is 1.94. The van der Waals surface area contributed by atoms with Gasteiger partial charge in [-0.2, -0.15) is 0 Å². The lowest BCUT2D eigenvalue weighted by molar-refractivity contribution is 0.108. The van der Waals surface area contributed by atoms with Crippen LogP contribution in [-0.2, 0) is 0 Å². The fourth-order valence-corrected chi connectivity index (χ4v) is 2.05. The van der Waals surface area contributed by atoms with E-state index in [1.165, 1.54) is 0 Å². The minimum Gasteiger partial charge on any atom is -0.276 e. The summed E-state index contributed by atoms with van der Waals surface area (Å²) in [5, 5.41) is -0.448. The minimum absolute atomic E-state index is 0.448. The van der Waals surface area contributed by atoms with Crippen molar-refractivity contribution in [1.29, 1.82) is 0 Å². The Bertz CT molecular complexity index is 313. The Labute approximate surface area is 92.4 Å². The number of halogens is 3. The molecule has 0 N–H and O–H groups in total. The zero-order valence-corrected chi connectivity index (χ0v) is 10.1. The van der Waals surface area contributed by atoms with Gasteiger partial charge in [0.05, 0.1) is 0 Å². The van der Waals surface area contributed by atoms with E-state index in [0.717, 1.165) is 14.5 Å². The molecule has 1 aromatic rings. The van der Waals surface area contributed by atoms with Crippen molar-refractivity contribution >= 4 is 48.7 Å². The van der Waals surface area contributed by atoms with Gasteiger partial charge in [-0.3, -0.25) is 4.79 Å². The summed E-state index contributed by atoms with van der Waals surface area (Å²) in [4.78, 5) is 10.8. The predicted molar refractivity (Wildman–Crippen MR) is 56.8 cm³/mol.